The van der Waals surface area contributed by atoms with E-state index in [0.29, 0.717) is 0 Å². The standard InChI is InChI=1S/C17H18O3/c1-18-10-9-13-7-8-16(20-3)12-17(13)14-5-4-6-15(11-14)19-2/h4-12H,1-3H3/b10-9+. The largest absolute Gasteiger partial charge is 0.504 e. The predicted molar refractivity (Wildman–Crippen MR) is 81.0 cm³/mol. The first-order chi connectivity index (χ1) is 9.78. The second-order valence-electron chi connectivity index (χ2n) is 4.22. The van der Waals surface area contributed by atoms with Crippen molar-refractivity contribution in [1.82, 2.24) is 0 Å². The molecule has 0 amide bonds. The highest BCUT2D eigenvalue weighted by Gasteiger charge is 2.06. The van der Waals surface area contributed by atoms with Crippen molar-refractivity contribution in [3.05, 3.63) is 54.3 Å². The van der Waals surface area contributed by atoms with Gasteiger partial charge >= 0.3 is 0 Å². The molecule has 0 fully saturated rings. The molecule has 0 aliphatic rings. The summed E-state index contributed by atoms with van der Waals surface area (Å²) in [5.41, 5.74) is 3.19. The second kappa shape index (κ2) is 6.66. The summed E-state index contributed by atoms with van der Waals surface area (Å²) in [4.78, 5) is 0. The van der Waals surface area contributed by atoms with Gasteiger partial charge in [0.25, 0.3) is 0 Å². The summed E-state index contributed by atoms with van der Waals surface area (Å²) in [7, 11) is 4.96. The van der Waals surface area contributed by atoms with E-state index in [0.717, 1.165) is 28.2 Å². The molecule has 0 atom stereocenters. The number of ether oxygens (including phenoxy) is 3. The van der Waals surface area contributed by atoms with Gasteiger partial charge < -0.3 is 14.2 Å². The van der Waals surface area contributed by atoms with Crippen molar-refractivity contribution >= 4 is 6.08 Å². The molecule has 2 aromatic carbocycles. The normalized spacial score (nSPS) is 10.6. The van der Waals surface area contributed by atoms with Crippen LogP contribution < -0.4 is 9.47 Å². The monoisotopic (exact) mass is 270 g/mol. The molecule has 2 aromatic rings. The van der Waals surface area contributed by atoms with Crippen LogP contribution in [0.3, 0.4) is 0 Å². The minimum atomic E-state index is 0.817. The van der Waals surface area contributed by atoms with Gasteiger partial charge in [0.15, 0.2) is 0 Å². The minimum Gasteiger partial charge on any atom is -0.504 e. The van der Waals surface area contributed by atoms with E-state index in [1.54, 1.807) is 27.6 Å². The maximum atomic E-state index is 5.31. The van der Waals surface area contributed by atoms with Gasteiger partial charge in [0.1, 0.15) is 11.5 Å². The maximum absolute atomic E-state index is 5.31. The van der Waals surface area contributed by atoms with Crippen LogP contribution in [0, 0.1) is 0 Å². The summed E-state index contributed by atoms with van der Waals surface area (Å²) in [6, 6.07) is 13.9. The third-order valence-corrected chi connectivity index (χ3v) is 3.02. The molecule has 20 heavy (non-hydrogen) atoms. The fourth-order valence-corrected chi connectivity index (χ4v) is 1.99. The zero-order chi connectivity index (χ0) is 14.4. The van der Waals surface area contributed by atoms with Crippen molar-refractivity contribution in [2.24, 2.45) is 0 Å². The van der Waals surface area contributed by atoms with Gasteiger partial charge in [-0.25, -0.2) is 0 Å². The van der Waals surface area contributed by atoms with Crippen molar-refractivity contribution < 1.29 is 14.2 Å². The van der Waals surface area contributed by atoms with Gasteiger partial charge in [0, 0.05) is 0 Å². The molecule has 0 aromatic heterocycles. The average molecular weight is 270 g/mol. The molecular weight excluding hydrogens is 252 g/mol. The molecule has 0 aliphatic heterocycles. The third-order valence-electron chi connectivity index (χ3n) is 3.02. The van der Waals surface area contributed by atoms with Crippen LogP contribution in [0.4, 0.5) is 0 Å². The number of rotatable bonds is 5. The summed E-state index contributed by atoms with van der Waals surface area (Å²) < 4.78 is 15.6. The van der Waals surface area contributed by atoms with Crippen LogP contribution >= 0.6 is 0 Å². The van der Waals surface area contributed by atoms with Crippen molar-refractivity contribution in [3.8, 4) is 22.6 Å². The Morgan fingerprint density at radius 1 is 0.850 bits per heavy atom. The summed E-state index contributed by atoms with van der Waals surface area (Å²) >= 11 is 0. The predicted octanol–water partition coefficient (Wildman–Crippen LogP) is 3.99. The Morgan fingerprint density at radius 3 is 2.30 bits per heavy atom. The molecule has 0 bridgehead atoms. The van der Waals surface area contributed by atoms with Crippen molar-refractivity contribution in [2.75, 3.05) is 21.3 Å². The van der Waals surface area contributed by atoms with Gasteiger partial charge in [0.05, 0.1) is 27.6 Å². The van der Waals surface area contributed by atoms with E-state index in [1.807, 2.05) is 48.5 Å². The zero-order valence-electron chi connectivity index (χ0n) is 11.9. The third kappa shape index (κ3) is 3.12. The number of hydrogen-bond acceptors (Lipinski definition) is 3. The molecule has 0 saturated carbocycles. The quantitative estimate of drug-likeness (QED) is 0.769. The summed E-state index contributed by atoms with van der Waals surface area (Å²) in [6.07, 6.45) is 3.58. The lowest BCUT2D eigenvalue weighted by atomic mass is 9.99. The van der Waals surface area contributed by atoms with Gasteiger partial charge in [-0.05, 0) is 47.0 Å². The Morgan fingerprint density at radius 2 is 1.60 bits per heavy atom. The van der Waals surface area contributed by atoms with Gasteiger partial charge in [-0.3, -0.25) is 0 Å². The summed E-state index contributed by atoms with van der Waals surface area (Å²) in [5, 5.41) is 0. The molecule has 0 heterocycles. The van der Waals surface area contributed by atoms with Crippen LogP contribution in [0.1, 0.15) is 5.56 Å². The molecule has 0 aliphatic carbocycles. The van der Waals surface area contributed by atoms with E-state index in [4.69, 9.17) is 14.2 Å². The molecule has 104 valence electrons. The summed E-state index contributed by atoms with van der Waals surface area (Å²) in [5.74, 6) is 1.64. The van der Waals surface area contributed by atoms with Gasteiger partial charge in [-0.15, -0.1) is 0 Å². The molecule has 3 nitrogen and oxygen atoms in total. The van der Waals surface area contributed by atoms with E-state index in [2.05, 4.69) is 0 Å². The van der Waals surface area contributed by atoms with Crippen LogP contribution in [0.25, 0.3) is 17.2 Å². The van der Waals surface area contributed by atoms with E-state index in [9.17, 15) is 0 Å². The smallest absolute Gasteiger partial charge is 0.119 e. The highest BCUT2D eigenvalue weighted by molar-refractivity contribution is 5.77. The number of methoxy groups -OCH3 is 3. The Balaban J connectivity index is 2.53. The van der Waals surface area contributed by atoms with Crippen molar-refractivity contribution in [1.29, 1.82) is 0 Å². The topological polar surface area (TPSA) is 27.7 Å². The fourth-order valence-electron chi connectivity index (χ4n) is 1.99. The zero-order valence-corrected chi connectivity index (χ0v) is 11.9. The first-order valence-electron chi connectivity index (χ1n) is 6.30. The van der Waals surface area contributed by atoms with Crippen LogP contribution in [-0.2, 0) is 4.74 Å². The fraction of sp³-hybridized carbons (Fsp3) is 0.176. The average Bonchev–Trinajstić information content (AvgIpc) is 2.52. The maximum Gasteiger partial charge on any atom is 0.119 e. The van der Waals surface area contributed by atoms with E-state index in [-0.39, 0.29) is 0 Å². The highest BCUT2D eigenvalue weighted by Crippen LogP contribution is 2.31. The molecule has 0 saturated heterocycles. The molecular formula is C17H18O3. The lowest BCUT2D eigenvalue weighted by Gasteiger charge is -2.10. The highest BCUT2D eigenvalue weighted by atomic mass is 16.5. The first kappa shape index (κ1) is 14.0. The Labute approximate surface area is 119 Å². The molecule has 0 spiro atoms. The first-order valence-corrected chi connectivity index (χ1v) is 6.30. The minimum absolute atomic E-state index is 0.817. The van der Waals surface area contributed by atoms with Gasteiger partial charge in [-0.2, -0.15) is 0 Å². The Hall–Kier alpha value is -2.42. The van der Waals surface area contributed by atoms with Gasteiger partial charge in [0.2, 0.25) is 0 Å². The Bertz CT molecular complexity index is 603. The van der Waals surface area contributed by atoms with Crippen LogP contribution in [-0.4, -0.2) is 21.3 Å². The van der Waals surface area contributed by atoms with Crippen LogP contribution in [0.2, 0.25) is 0 Å². The van der Waals surface area contributed by atoms with E-state index < -0.39 is 0 Å². The van der Waals surface area contributed by atoms with Crippen molar-refractivity contribution in [2.45, 2.75) is 0 Å². The molecule has 3 heteroatoms. The van der Waals surface area contributed by atoms with E-state index >= 15 is 0 Å². The van der Waals surface area contributed by atoms with Gasteiger partial charge in [-0.1, -0.05) is 18.2 Å². The lowest BCUT2D eigenvalue weighted by Crippen LogP contribution is -1.89. The SMILES string of the molecule is CO/C=C/c1ccc(OC)cc1-c1cccc(OC)c1. The molecule has 2 rings (SSSR count). The lowest BCUT2D eigenvalue weighted by molar-refractivity contribution is 0.341. The molecule has 0 unspecified atom stereocenters. The van der Waals surface area contributed by atoms with E-state index in [1.165, 1.54) is 0 Å². The van der Waals surface area contributed by atoms with Crippen LogP contribution in [0.5, 0.6) is 11.5 Å². The van der Waals surface area contributed by atoms with Crippen molar-refractivity contribution in [3.63, 3.8) is 0 Å². The summed E-state index contributed by atoms with van der Waals surface area (Å²) in [6.45, 7) is 0. The second-order valence-corrected chi connectivity index (χ2v) is 4.22. The number of hydrogen-bond donors (Lipinski definition) is 0. The number of benzene rings is 2. The Kier molecular flexibility index (Phi) is 4.66. The molecule has 0 radical (unpaired) electrons. The van der Waals surface area contributed by atoms with Crippen LogP contribution in [0.15, 0.2) is 48.7 Å². The molecule has 0 N–H and O–H groups in total.